The molecule has 1 aromatic carbocycles. The Morgan fingerprint density at radius 1 is 1.36 bits per heavy atom. The topological polar surface area (TPSA) is 35.2 Å². The van der Waals surface area contributed by atoms with Crippen LogP contribution in [0.2, 0.25) is 0 Å². The van der Waals surface area contributed by atoms with Gasteiger partial charge in [-0.25, -0.2) is 13.2 Å². The standard InChI is InChI=1S/C9H10F3NO/c1-14-7-4-5(2-3-6(7)10)8(13)9(11)12/h2-4,8-9H,13H2,1H3. The van der Waals surface area contributed by atoms with Crippen molar-refractivity contribution in [2.45, 2.75) is 12.5 Å². The van der Waals surface area contributed by atoms with Gasteiger partial charge in [0.1, 0.15) is 0 Å². The molecule has 0 saturated carbocycles. The van der Waals surface area contributed by atoms with Crippen LogP contribution in [-0.4, -0.2) is 13.5 Å². The molecule has 0 radical (unpaired) electrons. The van der Waals surface area contributed by atoms with E-state index < -0.39 is 18.3 Å². The summed E-state index contributed by atoms with van der Waals surface area (Å²) in [5.41, 5.74) is 5.33. The molecule has 14 heavy (non-hydrogen) atoms. The van der Waals surface area contributed by atoms with Gasteiger partial charge in [-0.1, -0.05) is 6.07 Å². The van der Waals surface area contributed by atoms with Crippen molar-refractivity contribution in [3.63, 3.8) is 0 Å². The van der Waals surface area contributed by atoms with Gasteiger partial charge < -0.3 is 10.5 Å². The van der Waals surface area contributed by atoms with Gasteiger partial charge in [0.25, 0.3) is 6.43 Å². The van der Waals surface area contributed by atoms with Crippen molar-refractivity contribution < 1.29 is 17.9 Å². The van der Waals surface area contributed by atoms with Crippen molar-refractivity contribution in [1.29, 1.82) is 0 Å². The van der Waals surface area contributed by atoms with Crippen molar-refractivity contribution in [2.24, 2.45) is 5.73 Å². The molecule has 1 aromatic rings. The minimum absolute atomic E-state index is 0.0846. The Bertz CT molecular complexity index is 317. The number of nitrogens with two attached hydrogens (primary N) is 1. The molecule has 0 spiro atoms. The second-order valence-corrected chi connectivity index (χ2v) is 2.75. The van der Waals surface area contributed by atoms with Crippen LogP contribution in [0, 0.1) is 5.82 Å². The highest BCUT2D eigenvalue weighted by Gasteiger charge is 2.18. The van der Waals surface area contributed by atoms with Crippen LogP contribution in [0.5, 0.6) is 5.75 Å². The summed E-state index contributed by atoms with van der Waals surface area (Å²) in [6.07, 6.45) is -2.68. The van der Waals surface area contributed by atoms with E-state index in [1.807, 2.05) is 0 Å². The zero-order valence-corrected chi connectivity index (χ0v) is 7.51. The number of rotatable bonds is 3. The van der Waals surface area contributed by atoms with E-state index >= 15 is 0 Å². The summed E-state index contributed by atoms with van der Waals surface area (Å²) < 4.78 is 41.9. The molecule has 0 heterocycles. The zero-order chi connectivity index (χ0) is 10.7. The fraction of sp³-hybridized carbons (Fsp3) is 0.333. The fourth-order valence-electron chi connectivity index (χ4n) is 1.03. The molecule has 0 aromatic heterocycles. The van der Waals surface area contributed by atoms with Crippen molar-refractivity contribution in [3.8, 4) is 5.75 Å². The monoisotopic (exact) mass is 205 g/mol. The molecule has 0 amide bonds. The molecule has 0 saturated heterocycles. The molecule has 2 nitrogen and oxygen atoms in total. The summed E-state index contributed by atoms with van der Waals surface area (Å²) in [7, 11) is 1.26. The van der Waals surface area contributed by atoms with Crippen LogP contribution in [-0.2, 0) is 0 Å². The summed E-state index contributed by atoms with van der Waals surface area (Å²) in [4.78, 5) is 0. The highest BCUT2D eigenvalue weighted by atomic mass is 19.3. The first kappa shape index (κ1) is 10.8. The summed E-state index contributed by atoms with van der Waals surface area (Å²) in [5.74, 6) is -0.684. The average molecular weight is 205 g/mol. The number of hydrogen-bond donors (Lipinski definition) is 1. The van der Waals surface area contributed by atoms with Crippen LogP contribution in [0.4, 0.5) is 13.2 Å². The number of methoxy groups -OCH3 is 1. The second-order valence-electron chi connectivity index (χ2n) is 2.75. The van der Waals surface area contributed by atoms with E-state index in [1.54, 1.807) is 0 Å². The smallest absolute Gasteiger partial charge is 0.257 e. The first-order chi connectivity index (χ1) is 6.56. The molecule has 0 aliphatic heterocycles. The Morgan fingerprint density at radius 3 is 2.50 bits per heavy atom. The van der Waals surface area contributed by atoms with Crippen LogP contribution < -0.4 is 10.5 Å². The normalized spacial score (nSPS) is 13.0. The van der Waals surface area contributed by atoms with E-state index in [-0.39, 0.29) is 11.3 Å². The van der Waals surface area contributed by atoms with Crippen molar-refractivity contribution >= 4 is 0 Å². The van der Waals surface area contributed by atoms with E-state index in [9.17, 15) is 13.2 Å². The number of ether oxygens (including phenoxy) is 1. The van der Waals surface area contributed by atoms with Gasteiger partial charge in [-0.15, -0.1) is 0 Å². The number of hydrogen-bond acceptors (Lipinski definition) is 2. The molecule has 1 unspecified atom stereocenters. The van der Waals surface area contributed by atoms with Crippen LogP contribution in [0.25, 0.3) is 0 Å². The van der Waals surface area contributed by atoms with Gasteiger partial charge in [-0.05, 0) is 17.7 Å². The van der Waals surface area contributed by atoms with Gasteiger partial charge in [-0.2, -0.15) is 0 Å². The Balaban J connectivity index is 3.00. The Labute approximate surface area is 79.5 Å². The zero-order valence-electron chi connectivity index (χ0n) is 7.51. The summed E-state index contributed by atoms with van der Waals surface area (Å²) in [5, 5.41) is 0. The van der Waals surface area contributed by atoms with Crippen LogP contribution >= 0.6 is 0 Å². The van der Waals surface area contributed by atoms with Gasteiger partial charge in [-0.3, -0.25) is 0 Å². The quantitative estimate of drug-likeness (QED) is 0.820. The van der Waals surface area contributed by atoms with Gasteiger partial charge in [0.05, 0.1) is 13.2 Å². The van der Waals surface area contributed by atoms with Gasteiger partial charge in [0.15, 0.2) is 11.6 Å². The average Bonchev–Trinajstić information content (AvgIpc) is 2.17. The molecule has 0 aliphatic carbocycles. The minimum atomic E-state index is -2.68. The lowest BCUT2D eigenvalue weighted by atomic mass is 10.1. The minimum Gasteiger partial charge on any atom is -0.494 e. The maximum Gasteiger partial charge on any atom is 0.257 e. The molecule has 0 bridgehead atoms. The van der Waals surface area contributed by atoms with Crippen LogP contribution in [0.1, 0.15) is 11.6 Å². The molecule has 1 rings (SSSR count). The van der Waals surface area contributed by atoms with Gasteiger partial charge in [0.2, 0.25) is 0 Å². The first-order valence-corrected chi connectivity index (χ1v) is 3.93. The molecular formula is C9H10F3NO. The summed E-state index contributed by atoms with van der Waals surface area (Å²) in [6.45, 7) is 0. The molecule has 78 valence electrons. The maximum atomic E-state index is 12.9. The highest BCUT2D eigenvalue weighted by molar-refractivity contribution is 5.32. The molecule has 5 heteroatoms. The predicted molar refractivity (Wildman–Crippen MR) is 45.9 cm³/mol. The lowest BCUT2D eigenvalue weighted by Crippen LogP contribution is -2.18. The lowest BCUT2D eigenvalue weighted by molar-refractivity contribution is 0.116. The number of halogens is 3. The summed E-state index contributed by atoms with van der Waals surface area (Å²) in [6, 6.07) is 2.03. The lowest BCUT2D eigenvalue weighted by Gasteiger charge is -2.12. The molecule has 0 aliphatic rings. The molecular weight excluding hydrogens is 195 g/mol. The predicted octanol–water partition coefficient (Wildman–Crippen LogP) is 2.10. The van der Waals surface area contributed by atoms with Gasteiger partial charge in [0, 0.05) is 0 Å². The third kappa shape index (κ3) is 2.17. The van der Waals surface area contributed by atoms with Crippen molar-refractivity contribution in [1.82, 2.24) is 0 Å². The van der Waals surface area contributed by atoms with Crippen LogP contribution in [0.3, 0.4) is 0 Å². The molecule has 1 atom stereocenters. The van der Waals surface area contributed by atoms with Crippen LogP contribution in [0.15, 0.2) is 18.2 Å². The maximum absolute atomic E-state index is 12.9. The Kier molecular flexibility index (Phi) is 3.35. The summed E-state index contributed by atoms with van der Waals surface area (Å²) >= 11 is 0. The van der Waals surface area contributed by atoms with E-state index in [1.165, 1.54) is 19.2 Å². The van der Waals surface area contributed by atoms with Crippen molar-refractivity contribution in [3.05, 3.63) is 29.6 Å². The Morgan fingerprint density at radius 2 is 2.00 bits per heavy atom. The SMILES string of the molecule is COc1cc(C(N)C(F)F)ccc1F. The second kappa shape index (κ2) is 4.32. The third-order valence-corrected chi connectivity index (χ3v) is 1.83. The van der Waals surface area contributed by atoms with Gasteiger partial charge >= 0.3 is 0 Å². The highest BCUT2D eigenvalue weighted by Crippen LogP contribution is 2.24. The number of alkyl halides is 2. The van der Waals surface area contributed by atoms with E-state index in [0.29, 0.717) is 0 Å². The molecule has 0 fully saturated rings. The largest absolute Gasteiger partial charge is 0.494 e. The van der Waals surface area contributed by atoms with Crippen molar-refractivity contribution in [2.75, 3.05) is 7.11 Å². The van der Waals surface area contributed by atoms with E-state index in [4.69, 9.17) is 5.73 Å². The van der Waals surface area contributed by atoms with E-state index in [2.05, 4.69) is 4.74 Å². The third-order valence-electron chi connectivity index (χ3n) is 1.83. The van der Waals surface area contributed by atoms with E-state index in [0.717, 1.165) is 6.07 Å². The first-order valence-electron chi connectivity index (χ1n) is 3.93. The molecule has 2 N–H and O–H groups in total. The number of benzene rings is 1. The Hall–Kier alpha value is -1.23. The fourth-order valence-corrected chi connectivity index (χ4v) is 1.03.